The molecule has 2 aromatic heterocycles. The van der Waals surface area contributed by atoms with Gasteiger partial charge >= 0.3 is 0 Å². The minimum absolute atomic E-state index is 0.116. The van der Waals surface area contributed by atoms with Crippen LogP contribution in [0.4, 0.5) is 0 Å². The number of nitrogens with zero attached hydrogens (tertiary/aromatic N) is 3. The van der Waals surface area contributed by atoms with Crippen molar-refractivity contribution in [3.8, 4) is 0 Å². The molecular formula is C17H23N3OS. The smallest absolute Gasteiger partial charge is 0.259 e. The molecule has 0 bridgehead atoms. The predicted molar refractivity (Wildman–Crippen MR) is 89.7 cm³/mol. The normalized spacial score (nSPS) is 20.4. The number of aromatic nitrogens is 2. The summed E-state index contributed by atoms with van der Waals surface area (Å²) in [7, 11) is 0. The first kappa shape index (κ1) is 14.4. The average Bonchev–Trinajstić information content (AvgIpc) is 2.88. The van der Waals surface area contributed by atoms with Gasteiger partial charge in [-0.05, 0) is 57.5 Å². The van der Waals surface area contributed by atoms with Crippen LogP contribution in [-0.4, -0.2) is 27.4 Å². The lowest BCUT2D eigenvalue weighted by Crippen LogP contribution is -2.33. The van der Waals surface area contributed by atoms with Crippen molar-refractivity contribution >= 4 is 16.3 Å². The van der Waals surface area contributed by atoms with Gasteiger partial charge in [0, 0.05) is 23.2 Å². The predicted octanol–water partition coefficient (Wildman–Crippen LogP) is 2.87. The number of hydrogen-bond acceptors (Lipinski definition) is 4. The van der Waals surface area contributed by atoms with Gasteiger partial charge in [0.15, 0.2) is 4.96 Å². The van der Waals surface area contributed by atoms with Crippen molar-refractivity contribution in [2.24, 2.45) is 5.92 Å². The summed E-state index contributed by atoms with van der Waals surface area (Å²) in [5.41, 5.74) is 2.28. The maximum Gasteiger partial charge on any atom is 0.259 e. The van der Waals surface area contributed by atoms with Gasteiger partial charge < -0.3 is 0 Å². The van der Waals surface area contributed by atoms with E-state index in [9.17, 15) is 4.79 Å². The molecule has 5 heteroatoms. The van der Waals surface area contributed by atoms with E-state index in [1.807, 2.05) is 4.40 Å². The summed E-state index contributed by atoms with van der Waals surface area (Å²) in [4.78, 5) is 22.0. The molecule has 4 nitrogen and oxygen atoms in total. The van der Waals surface area contributed by atoms with Crippen LogP contribution in [0.15, 0.2) is 10.9 Å². The Morgan fingerprint density at radius 3 is 2.86 bits per heavy atom. The van der Waals surface area contributed by atoms with Crippen molar-refractivity contribution in [1.82, 2.24) is 14.3 Å². The molecule has 4 rings (SSSR count). The van der Waals surface area contributed by atoms with Gasteiger partial charge in [0.1, 0.15) is 0 Å². The second-order valence-corrected chi connectivity index (χ2v) is 7.90. The van der Waals surface area contributed by atoms with Crippen LogP contribution in [0.1, 0.15) is 48.9 Å². The van der Waals surface area contributed by atoms with Crippen LogP contribution in [0.5, 0.6) is 0 Å². The molecule has 2 aromatic rings. The molecule has 1 saturated heterocycles. The van der Waals surface area contributed by atoms with E-state index in [-0.39, 0.29) is 5.56 Å². The minimum atomic E-state index is 0.116. The van der Waals surface area contributed by atoms with Gasteiger partial charge in [-0.2, -0.15) is 0 Å². The Hall–Kier alpha value is -1.20. The van der Waals surface area contributed by atoms with E-state index in [0.717, 1.165) is 49.0 Å². The number of likely N-dealkylation sites (tertiary alicyclic amines) is 1. The molecule has 22 heavy (non-hydrogen) atoms. The number of hydrogen-bond donors (Lipinski definition) is 0. The molecule has 0 spiro atoms. The quantitative estimate of drug-likeness (QED) is 0.855. The summed E-state index contributed by atoms with van der Waals surface area (Å²) in [6.07, 6.45) is 7.10. The number of fused-ring (bicyclic) bond motifs is 3. The second kappa shape index (κ2) is 5.78. The van der Waals surface area contributed by atoms with Crippen molar-refractivity contribution in [3.63, 3.8) is 0 Å². The Kier molecular flexibility index (Phi) is 3.78. The number of piperidine rings is 1. The Morgan fingerprint density at radius 2 is 2.05 bits per heavy atom. The van der Waals surface area contributed by atoms with Crippen LogP contribution >= 0.6 is 11.3 Å². The Bertz CT molecular complexity index is 740. The van der Waals surface area contributed by atoms with E-state index in [4.69, 9.17) is 4.98 Å². The first-order valence-electron chi connectivity index (χ1n) is 8.46. The third kappa shape index (κ3) is 2.61. The van der Waals surface area contributed by atoms with Crippen LogP contribution < -0.4 is 5.56 Å². The molecule has 0 saturated carbocycles. The van der Waals surface area contributed by atoms with Gasteiger partial charge in [-0.15, -0.1) is 11.3 Å². The molecule has 3 heterocycles. The summed E-state index contributed by atoms with van der Waals surface area (Å²) in [5.74, 6) is 0.835. The van der Waals surface area contributed by atoms with Gasteiger partial charge in [0.05, 0.1) is 5.69 Å². The van der Waals surface area contributed by atoms with E-state index < -0.39 is 0 Å². The average molecular weight is 317 g/mol. The van der Waals surface area contributed by atoms with Gasteiger partial charge in [0.2, 0.25) is 0 Å². The summed E-state index contributed by atoms with van der Waals surface area (Å²) >= 11 is 1.72. The zero-order valence-corrected chi connectivity index (χ0v) is 14.0. The second-order valence-electron chi connectivity index (χ2n) is 6.84. The third-order valence-corrected chi connectivity index (χ3v) is 6.22. The van der Waals surface area contributed by atoms with E-state index in [0.29, 0.717) is 0 Å². The maximum absolute atomic E-state index is 12.5. The van der Waals surface area contributed by atoms with Crippen molar-refractivity contribution in [1.29, 1.82) is 0 Å². The topological polar surface area (TPSA) is 37.6 Å². The van der Waals surface area contributed by atoms with E-state index in [2.05, 4.69) is 11.8 Å². The molecule has 0 radical (unpaired) electrons. The fraction of sp³-hybridized carbons (Fsp3) is 0.647. The maximum atomic E-state index is 12.5. The fourth-order valence-corrected chi connectivity index (χ4v) is 4.90. The molecule has 0 N–H and O–H groups in total. The molecule has 1 aliphatic heterocycles. The minimum Gasteiger partial charge on any atom is -0.297 e. The highest BCUT2D eigenvalue weighted by Crippen LogP contribution is 2.28. The molecule has 0 amide bonds. The van der Waals surface area contributed by atoms with Gasteiger partial charge in [0.25, 0.3) is 5.56 Å². The van der Waals surface area contributed by atoms with Crippen molar-refractivity contribution in [3.05, 3.63) is 32.7 Å². The molecular weight excluding hydrogens is 294 g/mol. The van der Waals surface area contributed by atoms with Crippen LogP contribution in [0.3, 0.4) is 0 Å². The van der Waals surface area contributed by atoms with Crippen LogP contribution in [0.25, 0.3) is 4.96 Å². The third-order valence-electron chi connectivity index (χ3n) is 5.08. The van der Waals surface area contributed by atoms with Crippen molar-refractivity contribution in [2.75, 3.05) is 13.1 Å². The van der Waals surface area contributed by atoms with Gasteiger partial charge in [-0.25, -0.2) is 4.98 Å². The van der Waals surface area contributed by atoms with Crippen molar-refractivity contribution < 1.29 is 0 Å². The lowest BCUT2D eigenvalue weighted by atomic mass is 9.99. The van der Waals surface area contributed by atoms with E-state index in [1.165, 1.54) is 36.3 Å². The van der Waals surface area contributed by atoms with Crippen molar-refractivity contribution in [2.45, 2.75) is 52.0 Å². The summed E-state index contributed by atoms with van der Waals surface area (Å²) in [6.45, 7) is 5.40. The fourth-order valence-electron chi connectivity index (χ4n) is 3.67. The zero-order chi connectivity index (χ0) is 15.1. The van der Waals surface area contributed by atoms with Gasteiger partial charge in [-0.1, -0.05) is 6.92 Å². The standard InChI is InChI=1S/C17H23N3OS/c1-12-6-8-19(9-7-12)11-13-10-16(21)20-14-4-2-3-5-15(14)22-17(20)18-13/h10,12H,2-9,11H2,1H3. The SMILES string of the molecule is CC1CCN(Cc2cc(=O)n3c4c(sc3n2)CCCC4)CC1. The highest BCUT2D eigenvalue weighted by molar-refractivity contribution is 7.17. The van der Waals surface area contributed by atoms with Gasteiger partial charge in [-0.3, -0.25) is 14.1 Å². The Balaban J connectivity index is 1.64. The number of rotatable bonds is 2. The summed E-state index contributed by atoms with van der Waals surface area (Å²) in [5, 5.41) is 0. The molecule has 2 aliphatic rings. The Morgan fingerprint density at radius 1 is 1.27 bits per heavy atom. The summed E-state index contributed by atoms with van der Waals surface area (Å²) in [6, 6.07) is 1.76. The first-order chi connectivity index (χ1) is 10.7. The lowest BCUT2D eigenvalue weighted by Gasteiger charge is -2.29. The van der Waals surface area contributed by atoms with E-state index >= 15 is 0 Å². The largest absolute Gasteiger partial charge is 0.297 e. The highest BCUT2D eigenvalue weighted by atomic mass is 32.1. The summed E-state index contributed by atoms with van der Waals surface area (Å²) < 4.78 is 1.86. The molecule has 0 aromatic carbocycles. The zero-order valence-electron chi connectivity index (χ0n) is 13.2. The van der Waals surface area contributed by atoms with Crippen LogP contribution in [-0.2, 0) is 19.4 Å². The Labute approximate surface area is 134 Å². The number of thiazole rings is 1. The monoisotopic (exact) mass is 317 g/mol. The molecule has 0 atom stereocenters. The number of aryl methyl sites for hydroxylation is 2. The first-order valence-corrected chi connectivity index (χ1v) is 9.28. The van der Waals surface area contributed by atoms with E-state index in [1.54, 1.807) is 17.4 Å². The van der Waals surface area contributed by atoms with Crippen LogP contribution in [0, 0.1) is 5.92 Å². The lowest BCUT2D eigenvalue weighted by molar-refractivity contribution is 0.183. The molecule has 1 fully saturated rings. The molecule has 0 unspecified atom stereocenters. The van der Waals surface area contributed by atoms with Crippen LogP contribution in [0.2, 0.25) is 0 Å². The molecule has 1 aliphatic carbocycles. The highest BCUT2D eigenvalue weighted by Gasteiger charge is 2.20. The molecule has 118 valence electrons.